The molecule has 1 aromatic carbocycles. The molecule has 7 heteroatoms. The van der Waals surface area contributed by atoms with E-state index in [9.17, 15) is 10.2 Å². The molecular formula is C15H21Cl2N2O3+. The van der Waals surface area contributed by atoms with Gasteiger partial charge in [0.25, 0.3) is 0 Å². The highest BCUT2D eigenvalue weighted by atomic mass is 35.5. The van der Waals surface area contributed by atoms with E-state index in [2.05, 4.69) is 16.8 Å². The molecule has 1 saturated heterocycles. The van der Waals surface area contributed by atoms with E-state index < -0.39 is 0 Å². The molecule has 22 heavy (non-hydrogen) atoms. The monoisotopic (exact) mass is 347 g/mol. The lowest BCUT2D eigenvalue weighted by Crippen LogP contribution is -2.77. The van der Waals surface area contributed by atoms with Crippen molar-refractivity contribution >= 4 is 29.1 Å². The number of halogens is 2. The predicted molar refractivity (Wildman–Crippen MR) is 87.5 cm³/mol. The number of aromatic hydroxyl groups is 1. The molecule has 1 heterocycles. The highest BCUT2D eigenvalue weighted by Crippen LogP contribution is 2.39. The Bertz CT molecular complexity index is 578. The number of hydrogen-bond acceptors (Lipinski definition) is 3. The molecule has 0 unspecified atom stereocenters. The number of phenolic OH excluding ortho intramolecular Hbond substituents is 1. The van der Waals surface area contributed by atoms with Crippen LogP contribution in [0.2, 0.25) is 10.0 Å². The van der Waals surface area contributed by atoms with Crippen LogP contribution in [0.1, 0.15) is 25.3 Å². The van der Waals surface area contributed by atoms with Crippen molar-refractivity contribution in [2.75, 3.05) is 26.7 Å². The van der Waals surface area contributed by atoms with Crippen molar-refractivity contribution in [1.29, 1.82) is 0 Å². The lowest BCUT2D eigenvalue weighted by Gasteiger charge is -2.18. The van der Waals surface area contributed by atoms with Gasteiger partial charge in [0.1, 0.15) is 0 Å². The second kappa shape index (κ2) is 7.40. The second-order valence-electron chi connectivity index (χ2n) is 5.25. The van der Waals surface area contributed by atoms with Gasteiger partial charge in [-0.3, -0.25) is 4.90 Å². The molecule has 1 aliphatic heterocycles. The third-order valence-electron chi connectivity index (χ3n) is 4.01. The van der Waals surface area contributed by atoms with E-state index in [1.54, 1.807) is 0 Å². The van der Waals surface area contributed by atoms with Crippen molar-refractivity contribution in [3.05, 3.63) is 21.7 Å². The van der Waals surface area contributed by atoms with Gasteiger partial charge in [-0.2, -0.15) is 0 Å². The topological polar surface area (TPSA) is 66.9 Å². The Morgan fingerprint density at radius 3 is 2.82 bits per heavy atom. The molecule has 0 radical (unpaired) electrons. The number of rotatable bonds is 5. The number of aliphatic hydroxyl groups is 1. The molecule has 0 aromatic heterocycles. The molecular weight excluding hydrogens is 327 g/mol. The zero-order chi connectivity index (χ0) is 16.3. The van der Waals surface area contributed by atoms with Crippen LogP contribution in [0, 0.1) is 0 Å². The zero-order valence-electron chi connectivity index (χ0n) is 12.7. The molecule has 122 valence electrons. The number of benzene rings is 1. The normalized spacial score (nSPS) is 19.6. The fourth-order valence-electron chi connectivity index (χ4n) is 2.86. The molecule has 0 aliphatic carbocycles. The van der Waals surface area contributed by atoms with E-state index in [1.807, 2.05) is 0 Å². The standard InChI is InChI=1S/C15H20Cl2N2O3/c1-3-19-6-4-5-9(19)8-18-15(21)12-13(20)10(16)7-11(17)14(12)22-2/h7,9,20H,3-6,8H2,1-2H3,(H,18,21)/p+1/t9-/m0/s1. The van der Waals surface area contributed by atoms with Crippen LogP contribution in [-0.2, 0) is 0 Å². The van der Waals surface area contributed by atoms with Gasteiger partial charge in [-0.25, -0.2) is 4.99 Å². The van der Waals surface area contributed by atoms with Crippen LogP contribution in [0.15, 0.2) is 6.07 Å². The quantitative estimate of drug-likeness (QED) is 0.558. The molecule has 1 atom stereocenters. The van der Waals surface area contributed by atoms with Crippen molar-refractivity contribution in [2.45, 2.75) is 25.8 Å². The summed E-state index contributed by atoms with van der Waals surface area (Å²) >= 11 is 12.0. The first-order valence-corrected chi connectivity index (χ1v) is 8.04. The van der Waals surface area contributed by atoms with Gasteiger partial charge >= 0.3 is 5.90 Å². The average Bonchev–Trinajstić information content (AvgIpc) is 2.95. The SMILES string of the molecule is CCN1CCC[C@H]1C[NH+]=C(O)c1c(O)c(Cl)cc(Cl)c1OC. The van der Waals surface area contributed by atoms with Gasteiger partial charge in [0.05, 0.1) is 23.2 Å². The number of likely N-dealkylation sites (tertiary alicyclic amines) is 1. The van der Waals surface area contributed by atoms with Crippen molar-refractivity contribution in [2.24, 2.45) is 0 Å². The number of methoxy groups -OCH3 is 1. The van der Waals surface area contributed by atoms with E-state index in [1.165, 1.54) is 13.2 Å². The summed E-state index contributed by atoms with van der Waals surface area (Å²) in [6, 6.07) is 1.74. The van der Waals surface area contributed by atoms with E-state index in [0.29, 0.717) is 12.6 Å². The summed E-state index contributed by atoms with van der Waals surface area (Å²) in [4.78, 5) is 5.30. The van der Waals surface area contributed by atoms with E-state index in [4.69, 9.17) is 27.9 Å². The Kier molecular flexibility index (Phi) is 5.78. The number of nitrogens with one attached hydrogen (secondary N) is 1. The molecule has 0 amide bonds. The fraction of sp³-hybridized carbons (Fsp3) is 0.533. The van der Waals surface area contributed by atoms with Gasteiger partial charge in [-0.15, -0.1) is 0 Å². The fourth-order valence-corrected chi connectivity index (χ4v) is 3.40. The highest BCUT2D eigenvalue weighted by molar-refractivity contribution is 6.37. The first-order valence-electron chi connectivity index (χ1n) is 7.28. The van der Waals surface area contributed by atoms with Crippen molar-refractivity contribution in [3.63, 3.8) is 0 Å². The number of ether oxygens (including phenoxy) is 1. The maximum Gasteiger partial charge on any atom is 0.373 e. The second-order valence-corrected chi connectivity index (χ2v) is 6.07. The summed E-state index contributed by atoms with van der Waals surface area (Å²) in [5, 5.41) is 20.7. The van der Waals surface area contributed by atoms with Crippen LogP contribution in [0.3, 0.4) is 0 Å². The van der Waals surface area contributed by atoms with E-state index in [0.717, 1.165) is 25.9 Å². The summed E-state index contributed by atoms with van der Waals surface area (Å²) in [5.74, 6) is -0.263. The maximum absolute atomic E-state index is 10.3. The smallest absolute Gasteiger partial charge is 0.373 e. The van der Waals surface area contributed by atoms with Crippen LogP contribution in [-0.4, -0.2) is 53.8 Å². The van der Waals surface area contributed by atoms with Crippen LogP contribution >= 0.6 is 23.2 Å². The number of phenols is 1. The Balaban J connectivity index is 2.28. The summed E-state index contributed by atoms with van der Waals surface area (Å²) in [5.41, 5.74) is 0.0843. The molecule has 2 rings (SSSR count). The molecule has 1 aromatic rings. The number of aliphatic hydroxyl groups excluding tert-OH is 1. The van der Waals surface area contributed by atoms with Crippen LogP contribution in [0.4, 0.5) is 0 Å². The molecule has 5 nitrogen and oxygen atoms in total. The van der Waals surface area contributed by atoms with Gasteiger partial charge in [-0.1, -0.05) is 30.1 Å². The Morgan fingerprint density at radius 2 is 2.18 bits per heavy atom. The predicted octanol–water partition coefficient (Wildman–Crippen LogP) is 1.58. The highest BCUT2D eigenvalue weighted by Gasteiger charge is 2.28. The van der Waals surface area contributed by atoms with E-state index >= 15 is 0 Å². The first-order chi connectivity index (χ1) is 10.5. The lowest BCUT2D eigenvalue weighted by atomic mass is 10.1. The van der Waals surface area contributed by atoms with Crippen LogP contribution in [0.25, 0.3) is 0 Å². The number of hydrogen-bond donors (Lipinski definition) is 3. The molecule has 3 N–H and O–H groups in total. The largest absolute Gasteiger partial charge is 0.505 e. The van der Waals surface area contributed by atoms with Gasteiger partial charge in [-0.05, 0) is 32.0 Å². The minimum Gasteiger partial charge on any atom is -0.505 e. The number of likely N-dealkylation sites (N-methyl/N-ethyl adjacent to an activating group) is 1. The third kappa shape index (κ3) is 3.42. The maximum atomic E-state index is 10.3. The van der Waals surface area contributed by atoms with Gasteiger partial charge in [0.2, 0.25) is 0 Å². The van der Waals surface area contributed by atoms with Gasteiger partial charge in [0, 0.05) is 0 Å². The van der Waals surface area contributed by atoms with Gasteiger partial charge in [0.15, 0.2) is 23.6 Å². The molecule has 0 saturated carbocycles. The Labute approximate surface area is 140 Å². The lowest BCUT2D eigenvalue weighted by molar-refractivity contribution is -0.472. The van der Waals surface area contributed by atoms with Crippen LogP contribution in [0.5, 0.6) is 11.5 Å². The first kappa shape index (κ1) is 17.2. The van der Waals surface area contributed by atoms with Crippen molar-refractivity contribution in [1.82, 2.24) is 4.90 Å². The molecule has 0 spiro atoms. The Morgan fingerprint density at radius 1 is 1.45 bits per heavy atom. The van der Waals surface area contributed by atoms with Crippen molar-refractivity contribution in [3.8, 4) is 11.5 Å². The minimum atomic E-state index is -0.258. The molecule has 1 aliphatic rings. The average molecular weight is 348 g/mol. The summed E-state index contributed by atoms with van der Waals surface area (Å²) in [6.45, 7) is 4.74. The molecule has 1 fully saturated rings. The molecule has 0 bridgehead atoms. The van der Waals surface area contributed by atoms with E-state index in [-0.39, 0.29) is 33.0 Å². The summed E-state index contributed by atoms with van der Waals surface area (Å²) in [6.07, 6.45) is 2.23. The van der Waals surface area contributed by atoms with Crippen molar-refractivity contribution < 1.29 is 19.9 Å². The summed E-state index contributed by atoms with van der Waals surface area (Å²) < 4.78 is 5.17. The third-order valence-corrected chi connectivity index (χ3v) is 4.58. The zero-order valence-corrected chi connectivity index (χ0v) is 14.2. The Hall–Kier alpha value is -1.17. The summed E-state index contributed by atoms with van der Waals surface area (Å²) in [7, 11) is 1.42. The van der Waals surface area contributed by atoms with Gasteiger partial charge < -0.3 is 14.9 Å². The van der Waals surface area contributed by atoms with Crippen LogP contribution < -0.4 is 9.73 Å². The minimum absolute atomic E-state index is 0.0604. The number of nitrogens with zero attached hydrogens (tertiary/aromatic N) is 1.